The van der Waals surface area contributed by atoms with Gasteiger partial charge in [0.25, 0.3) is 0 Å². The van der Waals surface area contributed by atoms with Gasteiger partial charge in [-0.05, 0) is 115 Å². The average molecular weight is 955 g/mol. The lowest BCUT2D eigenvalue weighted by Gasteiger charge is -2.35. The number of rotatable bonds is 10. The highest BCUT2D eigenvalue weighted by Gasteiger charge is 2.48. The zero-order chi connectivity index (χ0) is 49.7. The summed E-state index contributed by atoms with van der Waals surface area (Å²) >= 11 is 0. The second-order valence-corrected chi connectivity index (χ2v) is 19.5. The molecule has 13 aromatic rings. The Morgan fingerprint density at radius 2 is 0.733 bits per heavy atom. The molecule has 1 aliphatic carbocycles. The van der Waals surface area contributed by atoms with Crippen LogP contribution in [0.1, 0.15) is 22.3 Å². The fourth-order valence-corrected chi connectivity index (χ4v) is 12.2. The number of nitrogens with zero attached hydrogens (tertiary/aromatic N) is 2. The number of para-hydroxylation sites is 2. The van der Waals surface area contributed by atoms with Crippen LogP contribution in [0, 0.1) is 0 Å². The predicted molar refractivity (Wildman–Crippen MR) is 315 cm³/mol. The van der Waals surface area contributed by atoms with Gasteiger partial charge in [0.05, 0.1) is 27.8 Å². The molecule has 0 N–H and O–H groups in total. The number of hydrogen-bond donors (Lipinski definition) is 0. The smallest absolute Gasteiger partial charge is 0.0734 e. The third-order valence-corrected chi connectivity index (χ3v) is 15.5. The molecule has 2 heteroatoms. The van der Waals surface area contributed by atoms with Crippen LogP contribution < -0.4 is 4.90 Å². The first-order valence-corrected chi connectivity index (χ1v) is 25.9. The molecule has 0 aliphatic heterocycles. The molecule has 0 bridgehead atoms. The summed E-state index contributed by atoms with van der Waals surface area (Å²) < 4.78 is 2.55. The Morgan fingerprint density at radius 1 is 0.280 bits per heavy atom. The standard InChI is InChI=1S/C73H50N2/c1-5-22-51(23-6-1)53-40-45-58(46-41-53)74(59-47-42-54(43-48-59)52-24-7-2-8-25-52)68-37-19-16-33-63(68)61-31-14-13-30-60(61)55-44-49-65-64-34-17-20-38-69(64)75(71(65)50-55)70-39-21-35-66-62-32-15-18-36-67(62)73(72(66)70,56-26-9-3-10-27-56)57-28-11-4-12-29-57/h1-50H. The quantitative estimate of drug-likeness (QED) is 0.133. The molecule has 0 spiro atoms. The van der Waals surface area contributed by atoms with Crippen LogP contribution >= 0.6 is 0 Å². The second-order valence-electron chi connectivity index (χ2n) is 19.5. The van der Waals surface area contributed by atoms with Crippen molar-refractivity contribution in [2.24, 2.45) is 0 Å². The summed E-state index contributed by atoms with van der Waals surface area (Å²) in [7, 11) is 0. The van der Waals surface area contributed by atoms with E-state index in [4.69, 9.17) is 0 Å². The monoisotopic (exact) mass is 954 g/mol. The summed E-state index contributed by atoms with van der Waals surface area (Å²) in [5.41, 5.74) is 23.2. The average Bonchev–Trinajstić information content (AvgIpc) is 4.11. The van der Waals surface area contributed by atoms with E-state index in [-0.39, 0.29) is 0 Å². The molecule has 2 nitrogen and oxygen atoms in total. The van der Waals surface area contributed by atoms with Crippen molar-refractivity contribution in [3.05, 3.63) is 326 Å². The first-order chi connectivity index (χ1) is 37.2. The molecule has 0 unspecified atom stereocenters. The highest BCUT2D eigenvalue weighted by Crippen LogP contribution is 2.58. The van der Waals surface area contributed by atoms with E-state index in [1.807, 2.05) is 0 Å². The van der Waals surface area contributed by atoms with Crippen LogP contribution in [0.2, 0.25) is 0 Å². The van der Waals surface area contributed by atoms with E-state index < -0.39 is 5.41 Å². The van der Waals surface area contributed by atoms with Gasteiger partial charge >= 0.3 is 0 Å². The third kappa shape index (κ3) is 7.25. The van der Waals surface area contributed by atoms with Gasteiger partial charge in [0.1, 0.15) is 0 Å². The minimum absolute atomic E-state index is 0.577. The minimum atomic E-state index is -0.577. The van der Waals surface area contributed by atoms with Gasteiger partial charge in [0.15, 0.2) is 0 Å². The van der Waals surface area contributed by atoms with Crippen molar-refractivity contribution in [2.75, 3.05) is 4.90 Å². The van der Waals surface area contributed by atoms with Crippen LogP contribution in [-0.4, -0.2) is 4.57 Å². The lowest BCUT2D eigenvalue weighted by atomic mass is 9.67. The fourth-order valence-electron chi connectivity index (χ4n) is 12.2. The van der Waals surface area contributed by atoms with E-state index in [1.165, 1.54) is 77.6 Å². The van der Waals surface area contributed by atoms with Gasteiger partial charge in [-0.1, -0.05) is 255 Å². The van der Waals surface area contributed by atoms with Crippen molar-refractivity contribution < 1.29 is 0 Å². The summed E-state index contributed by atoms with van der Waals surface area (Å²) in [6, 6.07) is 111. The molecule has 0 fully saturated rings. The molecule has 0 saturated carbocycles. The van der Waals surface area contributed by atoms with Gasteiger partial charge in [-0.15, -0.1) is 0 Å². The van der Waals surface area contributed by atoms with Crippen molar-refractivity contribution in [1.82, 2.24) is 4.57 Å². The predicted octanol–water partition coefficient (Wildman–Crippen LogP) is 19.3. The van der Waals surface area contributed by atoms with E-state index in [1.54, 1.807) is 0 Å². The maximum absolute atomic E-state index is 2.55. The van der Waals surface area contributed by atoms with Crippen molar-refractivity contribution >= 4 is 38.9 Å². The summed E-state index contributed by atoms with van der Waals surface area (Å²) in [6.07, 6.45) is 0. The van der Waals surface area contributed by atoms with E-state index in [0.717, 1.165) is 44.8 Å². The number of fused-ring (bicyclic) bond motifs is 6. The van der Waals surface area contributed by atoms with Crippen LogP contribution in [0.4, 0.5) is 17.1 Å². The summed E-state index contributed by atoms with van der Waals surface area (Å²) in [4.78, 5) is 2.41. The molecule has 352 valence electrons. The SMILES string of the molecule is c1ccc(-c2ccc(N(c3ccc(-c4ccccc4)cc3)c3ccccc3-c3ccccc3-c3ccc4c5ccccc5n(-c5cccc6c5C(c5ccccc5)(c5ccccc5)c5ccccc5-6)c4c3)cc2)cc1. The van der Waals surface area contributed by atoms with Crippen LogP contribution in [0.15, 0.2) is 303 Å². The third-order valence-electron chi connectivity index (χ3n) is 15.5. The van der Waals surface area contributed by atoms with Crippen molar-refractivity contribution in [3.8, 4) is 61.3 Å². The van der Waals surface area contributed by atoms with Gasteiger partial charge in [-0.3, -0.25) is 0 Å². The Kier molecular flexibility index (Phi) is 10.8. The van der Waals surface area contributed by atoms with Crippen LogP contribution in [0.25, 0.3) is 83.1 Å². The minimum Gasteiger partial charge on any atom is -0.310 e. The highest BCUT2D eigenvalue weighted by molar-refractivity contribution is 6.11. The Balaban J connectivity index is 0.963. The van der Waals surface area contributed by atoms with E-state index in [9.17, 15) is 0 Å². The molecule has 0 saturated heterocycles. The highest BCUT2D eigenvalue weighted by atomic mass is 15.1. The zero-order valence-electron chi connectivity index (χ0n) is 41.3. The number of hydrogen-bond acceptors (Lipinski definition) is 1. The van der Waals surface area contributed by atoms with Crippen molar-refractivity contribution in [3.63, 3.8) is 0 Å². The molecule has 0 amide bonds. The molecule has 14 rings (SSSR count). The van der Waals surface area contributed by atoms with Crippen LogP contribution in [-0.2, 0) is 5.41 Å². The number of anilines is 3. The fraction of sp³-hybridized carbons (Fsp3) is 0.0137. The molecule has 1 heterocycles. The lowest BCUT2D eigenvalue weighted by Crippen LogP contribution is -2.29. The van der Waals surface area contributed by atoms with Gasteiger partial charge < -0.3 is 9.47 Å². The maximum Gasteiger partial charge on any atom is 0.0734 e. The van der Waals surface area contributed by atoms with Crippen molar-refractivity contribution in [2.45, 2.75) is 5.41 Å². The van der Waals surface area contributed by atoms with Gasteiger partial charge in [0, 0.05) is 33.3 Å². The van der Waals surface area contributed by atoms with Crippen LogP contribution in [0.5, 0.6) is 0 Å². The molecule has 75 heavy (non-hydrogen) atoms. The molecule has 1 aromatic heterocycles. The maximum atomic E-state index is 2.55. The van der Waals surface area contributed by atoms with E-state index in [2.05, 4.69) is 313 Å². The Labute approximate surface area is 438 Å². The summed E-state index contributed by atoms with van der Waals surface area (Å²) in [5, 5.41) is 2.44. The molecule has 0 radical (unpaired) electrons. The van der Waals surface area contributed by atoms with E-state index >= 15 is 0 Å². The summed E-state index contributed by atoms with van der Waals surface area (Å²) in [5.74, 6) is 0. The molecule has 1 aliphatic rings. The largest absolute Gasteiger partial charge is 0.310 e. The normalized spacial score (nSPS) is 12.4. The van der Waals surface area contributed by atoms with Crippen molar-refractivity contribution in [1.29, 1.82) is 0 Å². The molecular weight excluding hydrogens is 905 g/mol. The molecule has 12 aromatic carbocycles. The number of benzene rings is 12. The number of aromatic nitrogens is 1. The topological polar surface area (TPSA) is 8.17 Å². The first kappa shape index (κ1) is 44.0. The lowest BCUT2D eigenvalue weighted by molar-refractivity contribution is 0.762. The van der Waals surface area contributed by atoms with Gasteiger partial charge in [-0.2, -0.15) is 0 Å². The molecule has 0 atom stereocenters. The van der Waals surface area contributed by atoms with Gasteiger partial charge in [-0.25, -0.2) is 0 Å². The summed E-state index contributed by atoms with van der Waals surface area (Å²) in [6.45, 7) is 0. The zero-order valence-corrected chi connectivity index (χ0v) is 41.3. The van der Waals surface area contributed by atoms with E-state index in [0.29, 0.717) is 0 Å². The second kappa shape index (κ2) is 18.4. The Morgan fingerprint density at radius 3 is 1.36 bits per heavy atom. The molecular formula is C73H50N2. The van der Waals surface area contributed by atoms with Gasteiger partial charge in [0.2, 0.25) is 0 Å². The Bertz CT molecular complexity index is 4070. The first-order valence-electron chi connectivity index (χ1n) is 25.9. The Hall–Kier alpha value is -9.76. The van der Waals surface area contributed by atoms with Crippen LogP contribution in [0.3, 0.4) is 0 Å².